The van der Waals surface area contributed by atoms with Crippen LogP contribution < -0.4 is 0 Å². The van der Waals surface area contributed by atoms with E-state index in [1.807, 2.05) is 0 Å². The second-order valence-electron chi connectivity index (χ2n) is 3.37. The van der Waals surface area contributed by atoms with E-state index in [0.717, 1.165) is 4.90 Å². The molecule has 1 N–H and O–H groups in total. The molecule has 1 fully saturated rings. The highest BCUT2D eigenvalue weighted by Gasteiger charge is 2.44. The summed E-state index contributed by atoms with van der Waals surface area (Å²) < 4.78 is 0. The first kappa shape index (κ1) is 9.15. The van der Waals surface area contributed by atoms with Gasteiger partial charge in [0.1, 0.15) is 0 Å². The Hall–Kier alpha value is -1.42. The zero-order chi connectivity index (χ0) is 10.1. The molecule has 1 saturated heterocycles. The Morgan fingerprint density at radius 1 is 1.14 bits per heavy atom. The summed E-state index contributed by atoms with van der Waals surface area (Å²) in [6, 6.07) is 0. The predicted molar refractivity (Wildman–Crippen MR) is 49.1 cm³/mol. The molecule has 0 saturated carbocycles. The van der Waals surface area contributed by atoms with Crippen LogP contribution in [0.2, 0.25) is 0 Å². The Kier molecular flexibility index (Phi) is 2.21. The van der Waals surface area contributed by atoms with Crippen molar-refractivity contribution < 1.29 is 14.7 Å². The van der Waals surface area contributed by atoms with Crippen molar-refractivity contribution in [1.29, 1.82) is 0 Å². The number of carbonyl (C=O) groups is 2. The van der Waals surface area contributed by atoms with Gasteiger partial charge in [-0.2, -0.15) is 0 Å². The van der Waals surface area contributed by atoms with E-state index < -0.39 is 0 Å². The van der Waals surface area contributed by atoms with Gasteiger partial charge < -0.3 is 5.11 Å². The zero-order valence-electron chi connectivity index (χ0n) is 7.59. The summed E-state index contributed by atoms with van der Waals surface area (Å²) in [6.07, 6.45) is 7.02. The maximum absolute atomic E-state index is 11.6. The lowest BCUT2D eigenvalue weighted by atomic mass is 9.91. The van der Waals surface area contributed by atoms with E-state index in [-0.39, 0.29) is 36.8 Å². The van der Waals surface area contributed by atoms with Gasteiger partial charge in [0.15, 0.2) is 0 Å². The number of likely N-dealkylation sites (tertiary alicyclic amines) is 1. The molecule has 2 amide bonds. The quantitative estimate of drug-likeness (QED) is 0.613. The normalized spacial score (nSPS) is 29.9. The molecule has 1 heterocycles. The number of fused-ring (bicyclic) bond motifs is 1. The average Bonchev–Trinajstić information content (AvgIpc) is 2.45. The number of aliphatic hydroxyl groups is 1. The highest BCUT2D eigenvalue weighted by atomic mass is 16.3. The van der Waals surface area contributed by atoms with E-state index in [2.05, 4.69) is 0 Å². The number of carbonyl (C=O) groups excluding carboxylic acids is 2. The van der Waals surface area contributed by atoms with Crippen LogP contribution in [0.4, 0.5) is 0 Å². The Morgan fingerprint density at radius 3 is 2.07 bits per heavy atom. The highest BCUT2D eigenvalue weighted by molar-refractivity contribution is 6.07. The molecule has 2 aliphatic rings. The molecule has 4 heteroatoms. The number of amides is 2. The summed E-state index contributed by atoms with van der Waals surface area (Å²) in [5, 5.41) is 8.71. The third-order valence-corrected chi connectivity index (χ3v) is 2.56. The van der Waals surface area contributed by atoms with Gasteiger partial charge >= 0.3 is 0 Å². The average molecular weight is 193 g/mol. The molecular weight excluding hydrogens is 182 g/mol. The first-order valence-electron chi connectivity index (χ1n) is 4.57. The largest absolute Gasteiger partial charge is 0.395 e. The number of allylic oxidation sites excluding steroid dienone is 2. The summed E-state index contributed by atoms with van der Waals surface area (Å²) in [4.78, 5) is 24.4. The van der Waals surface area contributed by atoms with Gasteiger partial charge in [-0.3, -0.25) is 14.5 Å². The van der Waals surface area contributed by atoms with Gasteiger partial charge in [0, 0.05) is 0 Å². The number of β-amino-alcohol motifs (C(OH)–C–C–N with tert-alkyl or cyclic N) is 1. The van der Waals surface area contributed by atoms with Gasteiger partial charge in [-0.1, -0.05) is 24.3 Å². The van der Waals surface area contributed by atoms with Crippen molar-refractivity contribution >= 4 is 11.8 Å². The third-order valence-electron chi connectivity index (χ3n) is 2.56. The maximum atomic E-state index is 11.6. The number of rotatable bonds is 2. The Morgan fingerprint density at radius 2 is 1.64 bits per heavy atom. The van der Waals surface area contributed by atoms with Crippen LogP contribution in [0, 0.1) is 11.8 Å². The van der Waals surface area contributed by atoms with Crippen LogP contribution >= 0.6 is 0 Å². The molecule has 4 nitrogen and oxygen atoms in total. The minimum atomic E-state index is -0.348. The molecule has 2 atom stereocenters. The van der Waals surface area contributed by atoms with Gasteiger partial charge in [0.2, 0.25) is 11.8 Å². The summed E-state index contributed by atoms with van der Waals surface area (Å²) in [5.41, 5.74) is 0. The molecule has 2 rings (SSSR count). The molecular formula is C10H11NO3. The molecule has 74 valence electrons. The molecule has 0 bridgehead atoms. The first-order chi connectivity index (χ1) is 6.75. The molecule has 1 aliphatic carbocycles. The minimum absolute atomic E-state index is 0.104. The molecule has 2 unspecified atom stereocenters. The first-order valence-corrected chi connectivity index (χ1v) is 4.57. The lowest BCUT2D eigenvalue weighted by Crippen LogP contribution is -2.33. The van der Waals surface area contributed by atoms with Crippen LogP contribution in [0.1, 0.15) is 0 Å². The Balaban J connectivity index is 2.26. The second-order valence-corrected chi connectivity index (χ2v) is 3.37. The lowest BCUT2D eigenvalue weighted by Gasteiger charge is -2.11. The van der Waals surface area contributed by atoms with E-state index in [1.165, 1.54) is 0 Å². The van der Waals surface area contributed by atoms with Crippen LogP contribution in [0.15, 0.2) is 24.3 Å². The van der Waals surface area contributed by atoms with Crippen LogP contribution in [-0.4, -0.2) is 35.0 Å². The number of aliphatic hydroxyl groups excluding tert-OH is 1. The van der Waals surface area contributed by atoms with Gasteiger partial charge in [0.05, 0.1) is 25.0 Å². The van der Waals surface area contributed by atoms with Crippen LogP contribution in [0.3, 0.4) is 0 Å². The molecule has 1 aliphatic heterocycles. The Bertz CT molecular complexity index is 302. The van der Waals surface area contributed by atoms with Crippen molar-refractivity contribution in [2.24, 2.45) is 11.8 Å². The summed E-state index contributed by atoms with van der Waals surface area (Å²) >= 11 is 0. The van der Waals surface area contributed by atoms with Crippen molar-refractivity contribution in [1.82, 2.24) is 4.90 Å². The van der Waals surface area contributed by atoms with Gasteiger partial charge in [0.25, 0.3) is 0 Å². The Labute approximate surface area is 81.5 Å². The van der Waals surface area contributed by atoms with Crippen molar-refractivity contribution in [3.63, 3.8) is 0 Å². The molecule has 14 heavy (non-hydrogen) atoms. The molecule has 0 aromatic rings. The summed E-state index contributed by atoms with van der Waals surface area (Å²) in [7, 11) is 0. The zero-order valence-corrected chi connectivity index (χ0v) is 7.59. The van der Waals surface area contributed by atoms with Crippen molar-refractivity contribution in [3.05, 3.63) is 24.3 Å². The second kappa shape index (κ2) is 3.38. The van der Waals surface area contributed by atoms with Crippen molar-refractivity contribution in [2.45, 2.75) is 0 Å². The topological polar surface area (TPSA) is 57.6 Å². The van der Waals surface area contributed by atoms with E-state index in [0.29, 0.717) is 0 Å². The smallest absolute Gasteiger partial charge is 0.237 e. The molecule has 0 radical (unpaired) electrons. The van der Waals surface area contributed by atoms with Gasteiger partial charge in [-0.25, -0.2) is 0 Å². The molecule has 0 spiro atoms. The van der Waals surface area contributed by atoms with E-state index in [4.69, 9.17) is 5.11 Å². The molecule has 0 aromatic heterocycles. The fourth-order valence-corrected chi connectivity index (χ4v) is 1.87. The van der Waals surface area contributed by atoms with Gasteiger partial charge in [-0.05, 0) is 0 Å². The maximum Gasteiger partial charge on any atom is 0.237 e. The van der Waals surface area contributed by atoms with Gasteiger partial charge in [-0.15, -0.1) is 0 Å². The highest BCUT2D eigenvalue weighted by Crippen LogP contribution is 2.30. The number of imide groups is 1. The van der Waals surface area contributed by atoms with E-state index >= 15 is 0 Å². The van der Waals surface area contributed by atoms with Crippen molar-refractivity contribution in [2.75, 3.05) is 13.2 Å². The third kappa shape index (κ3) is 1.19. The number of hydrogen-bond acceptors (Lipinski definition) is 3. The minimum Gasteiger partial charge on any atom is -0.395 e. The predicted octanol–water partition coefficient (Wildman–Crippen LogP) is -0.294. The summed E-state index contributed by atoms with van der Waals surface area (Å²) in [5.74, 6) is -1.09. The van der Waals surface area contributed by atoms with Crippen LogP contribution in [-0.2, 0) is 9.59 Å². The standard InChI is InChI=1S/C10H11NO3/c12-6-5-11-9(13)7-3-1-2-4-8(7)10(11)14/h1-4,7-8,12H,5-6H2. The van der Waals surface area contributed by atoms with Crippen LogP contribution in [0.5, 0.6) is 0 Å². The lowest BCUT2D eigenvalue weighted by molar-refractivity contribution is -0.139. The van der Waals surface area contributed by atoms with E-state index in [1.54, 1.807) is 24.3 Å². The van der Waals surface area contributed by atoms with E-state index in [9.17, 15) is 9.59 Å². The number of hydrogen-bond donors (Lipinski definition) is 1. The van der Waals surface area contributed by atoms with Crippen LogP contribution in [0.25, 0.3) is 0 Å². The van der Waals surface area contributed by atoms with Crippen molar-refractivity contribution in [3.8, 4) is 0 Å². The number of nitrogens with zero attached hydrogens (tertiary/aromatic N) is 1. The SMILES string of the molecule is O=C1C2C=CC=CC2C(=O)N1CCO. The monoisotopic (exact) mass is 193 g/mol. The molecule has 0 aromatic carbocycles. The fourth-order valence-electron chi connectivity index (χ4n) is 1.87. The fraction of sp³-hybridized carbons (Fsp3) is 0.400. The summed E-state index contributed by atoms with van der Waals surface area (Å²) in [6.45, 7) is -0.0727.